The topological polar surface area (TPSA) is 56.5 Å². The van der Waals surface area contributed by atoms with Crippen LogP contribution in [0.15, 0.2) is 47.6 Å². The number of carbonyl (C=O) groups excluding carboxylic acids is 1. The Morgan fingerprint density at radius 2 is 2.00 bits per heavy atom. The maximum absolute atomic E-state index is 12.3. The van der Waals surface area contributed by atoms with Crippen LogP contribution in [0, 0.1) is 5.92 Å². The third kappa shape index (κ3) is 4.81. The van der Waals surface area contributed by atoms with E-state index in [4.69, 9.17) is 4.74 Å². The molecule has 138 valence electrons. The number of rotatable bonds is 7. The molecular weight excluding hydrogens is 326 g/mol. The molecule has 2 aromatic rings. The molecule has 1 fully saturated rings. The molecule has 1 amide bonds. The molecule has 1 aromatic carbocycles. The van der Waals surface area contributed by atoms with E-state index in [-0.39, 0.29) is 11.8 Å². The third-order valence-electron chi connectivity index (χ3n) is 4.73. The molecule has 5 heteroatoms. The summed E-state index contributed by atoms with van der Waals surface area (Å²) in [5.41, 5.74) is 0.923. The van der Waals surface area contributed by atoms with Gasteiger partial charge in [-0.25, -0.2) is 9.67 Å². The predicted octanol–water partition coefficient (Wildman–Crippen LogP) is 4.06. The zero-order valence-electron chi connectivity index (χ0n) is 15.4. The van der Waals surface area contributed by atoms with Crippen molar-refractivity contribution < 1.29 is 9.53 Å². The molecule has 0 N–H and O–H groups in total. The standard InChI is InChI=1S/C21H27N3O2/c1-2-3-9-14-26-20-15-18(23-21(25)17-10-7-8-11-17)16-22-24(20)19-12-5-4-6-13-19/h4-6,12-13,15-17H,2-3,7-11,14H2,1H3. The van der Waals surface area contributed by atoms with Gasteiger partial charge in [-0.05, 0) is 31.4 Å². The smallest absolute Gasteiger partial charge is 0.249 e. The zero-order chi connectivity index (χ0) is 18.2. The molecule has 0 atom stereocenters. The number of hydrogen-bond donors (Lipinski definition) is 0. The van der Waals surface area contributed by atoms with Gasteiger partial charge < -0.3 is 4.74 Å². The van der Waals surface area contributed by atoms with E-state index in [0.29, 0.717) is 17.8 Å². The van der Waals surface area contributed by atoms with Gasteiger partial charge in [0.2, 0.25) is 11.8 Å². The van der Waals surface area contributed by atoms with Crippen LogP contribution in [0.25, 0.3) is 5.69 Å². The lowest BCUT2D eigenvalue weighted by molar-refractivity contribution is -0.121. The van der Waals surface area contributed by atoms with Crippen LogP contribution in [0.2, 0.25) is 0 Å². The maximum Gasteiger partial charge on any atom is 0.249 e. The highest BCUT2D eigenvalue weighted by Crippen LogP contribution is 2.25. The van der Waals surface area contributed by atoms with Gasteiger partial charge >= 0.3 is 0 Å². The Labute approximate surface area is 154 Å². The Kier molecular flexibility index (Phi) is 6.58. The summed E-state index contributed by atoms with van der Waals surface area (Å²) in [6.07, 6.45) is 9.05. The normalized spacial score (nSPS) is 15.3. The molecule has 1 aliphatic rings. The van der Waals surface area contributed by atoms with Crippen molar-refractivity contribution in [2.45, 2.75) is 51.9 Å². The molecule has 0 unspecified atom stereocenters. The van der Waals surface area contributed by atoms with E-state index in [1.54, 1.807) is 10.9 Å². The predicted molar refractivity (Wildman–Crippen MR) is 101 cm³/mol. The van der Waals surface area contributed by atoms with Crippen LogP contribution in [0.3, 0.4) is 0 Å². The molecule has 0 spiro atoms. The van der Waals surface area contributed by atoms with E-state index in [2.05, 4.69) is 17.0 Å². The van der Waals surface area contributed by atoms with Gasteiger partial charge in [0, 0.05) is 12.0 Å². The van der Waals surface area contributed by atoms with Crippen LogP contribution in [0.5, 0.6) is 5.88 Å². The Hall–Kier alpha value is -2.43. The van der Waals surface area contributed by atoms with Gasteiger partial charge in [-0.1, -0.05) is 50.8 Å². The van der Waals surface area contributed by atoms with Crippen molar-refractivity contribution in [3.8, 4) is 11.6 Å². The highest BCUT2D eigenvalue weighted by molar-refractivity contribution is 5.79. The van der Waals surface area contributed by atoms with Crippen molar-refractivity contribution in [1.29, 1.82) is 0 Å². The Bertz CT molecular complexity index is 777. The van der Waals surface area contributed by atoms with Gasteiger partial charge in [-0.3, -0.25) is 4.79 Å². The van der Waals surface area contributed by atoms with Gasteiger partial charge in [0.15, 0.2) is 0 Å². The Morgan fingerprint density at radius 3 is 2.73 bits per heavy atom. The largest absolute Gasteiger partial charge is 0.478 e. The van der Waals surface area contributed by atoms with Crippen molar-refractivity contribution in [2.24, 2.45) is 10.9 Å². The second-order valence-electron chi connectivity index (χ2n) is 6.79. The second kappa shape index (κ2) is 9.32. The van der Waals surface area contributed by atoms with Gasteiger partial charge in [-0.2, -0.15) is 5.10 Å². The SMILES string of the molecule is CCCCCOc1cc(=NC(=O)C2CCCC2)cnn1-c1ccccc1. The Balaban J connectivity index is 1.86. The van der Waals surface area contributed by atoms with Crippen LogP contribution >= 0.6 is 0 Å². The fraction of sp³-hybridized carbons (Fsp3) is 0.476. The number of para-hydroxylation sites is 1. The van der Waals surface area contributed by atoms with Crippen LogP contribution in [0.4, 0.5) is 0 Å². The average molecular weight is 353 g/mol. The molecule has 1 heterocycles. The van der Waals surface area contributed by atoms with E-state index >= 15 is 0 Å². The average Bonchev–Trinajstić information content (AvgIpc) is 3.21. The molecule has 0 bridgehead atoms. The van der Waals surface area contributed by atoms with Crippen molar-refractivity contribution in [1.82, 2.24) is 9.78 Å². The van der Waals surface area contributed by atoms with Gasteiger partial charge in [0.1, 0.15) is 0 Å². The van der Waals surface area contributed by atoms with Crippen LogP contribution < -0.4 is 10.1 Å². The van der Waals surface area contributed by atoms with Crippen LogP contribution in [0.1, 0.15) is 51.9 Å². The van der Waals surface area contributed by atoms with E-state index in [1.165, 1.54) is 0 Å². The van der Waals surface area contributed by atoms with Gasteiger partial charge in [-0.15, -0.1) is 0 Å². The lowest BCUT2D eigenvalue weighted by atomic mass is 10.1. The number of unbranched alkanes of at least 4 members (excludes halogenated alkanes) is 2. The number of nitrogens with zero attached hydrogens (tertiary/aromatic N) is 3. The first kappa shape index (κ1) is 18.4. The monoisotopic (exact) mass is 353 g/mol. The number of benzene rings is 1. The minimum absolute atomic E-state index is 0.0290. The molecule has 5 nitrogen and oxygen atoms in total. The molecular formula is C21H27N3O2. The molecule has 1 aliphatic carbocycles. The molecule has 1 aromatic heterocycles. The van der Waals surface area contributed by atoms with E-state index in [0.717, 1.165) is 50.6 Å². The maximum atomic E-state index is 12.3. The summed E-state index contributed by atoms with van der Waals surface area (Å²) in [5, 5.41) is 5.04. The second-order valence-corrected chi connectivity index (χ2v) is 6.79. The van der Waals surface area contributed by atoms with Crippen molar-refractivity contribution in [3.05, 3.63) is 48.0 Å². The number of hydrogen-bond acceptors (Lipinski definition) is 3. The van der Waals surface area contributed by atoms with Crippen LogP contribution in [-0.4, -0.2) is 22.3 Å². The summed E-state index contributed by atoms with van der Waals surface area (Å²) < 4.78 is 7.73. The zero-order valence-corrected chi connectivity index (χ0v) is 15.4. The Morgan fingerprint density at radius 1 is 1.23 bits per heavy atom. The first-order valence-corrected chi connectivity index (χ1v) is 9.64. The molecule has 0 saturated heterocycles. The molecule has 0 radical (unpaired) electrons. The summed E-state index contributed by atoms with van der Waals surface area (Å²) in [4.78, 5) is 16.6. The van der Waals surface area contributed by atoms with E-state index in [9.17, 15) is 4.79 Å². The lowest BCUT2D eigenvalue weighted by Gasteiger charge is -2.13. The van der Waals surface area contributed by atoms with E-state index in [1.807, 2.05) is 36.4 Å². The summed E-state index contributed by atoms with van der Waals surface area (Å²) in [6, 6.07) is 11.7. The van der Waals surface area contributed by atoms with Crippen molar-refractivity contribution in [3.63, 3.8) is 0 Å². The fourth-order valence-electron chi connectivity index (χ4n) is 3.25. The van der Waals surface area contributed by atoms with E-state index < -0.39 is 0 Å². The first-order valence-electron chi connectivity index (χ1n) is 9.64. The minimum atomic E-state index is -0.0290. The quantitative estimate of drug-likeness (QED) is 0.705. The van der Waals surface area contributed by atoms with Gasteiger partial charge in [0.25, 0.3) is 0 Å². The molecule has 0 aliphatic heterocycles. The number of amides is 1. The minimum Gasteiger partial charge on any atom is -0.478 e. The number of carbonyl (C=O) groups is 1. The van der Waals surface area contributed by atoms with Crippen molar-refractivity contribution in [2.75, 3.05) is 6.61 Å². The van der Waals surface area contributed by atoms with Crippen molar-refractivity contribution >= 4 is 5.91 Å². The molecule has 3 rings (SSSR count). The highest BCUT2D eigenvalue weighted by Gasteiger charge is 2.22. The molecule has 1 saturated carbocycles. The van der Waals surface area contributed by atoms with Crippen LogP contribution in [-0.2, 0) is 4.79 Å². The fourth-order valence-corrected chi connectivity index (χ4v) is 3.25. The first-order chi connectivity index (χ1) is 12.8. The summed E-state index contributed by atoms with van der Waals surface area (Å²) in [5.74, 6) is 0.664. The summed E-state index contributed by atoms with van der Waals surface area (Å²) >= 11 is 0. The number of aromatic nitrogens is 2. The number of ether oxygens (including phenoxy) is 1. The highest BCUT2D eigenvalue weighted by atomic mass is 16.5. The summed E-state index contributed by atoms with van der Waals surface area (Å²) in [6.45, 7) is 2.79. The summed E-state index contributed by atoms with van der Waals surface area (Å²) in [7, 11) is 0. The molecule has 26 heavy (non-hydrogen) atoms. The lowest BCUT2D eigenvalue weighted by Crippen LogP contribution is -2.17. The van der Waals surface area contributed by atoms with Gasteiger partial charge in [0.05, 0.1) is 23.8 Å². The third-order valence-corrected chi connectivity index (χ3v) is 4.73.